The van der Waals surface area contributed by atoms with Crippen LogP contribution in [0.5, 0.6) is 0 Å². The standard InChI is InChI=1S/C17H21N3O3/c21-8-11-5-17(6-11)9-20(10-17)14-3-1-12(7-18-14)13-2-4-15(22)19-16(13)23/h1,3,7,11,13,21H,2,4-6,8-10H2,(H,19,22,23). The number of aromatic nitrogens is 1. The second-order valence-electron chi connectivity index (χ2n) is 7.27. The second kappa shape index (κ2) is 5.30. The molecule has 4 rings (SSSR count). The van der Waals surface area contributed by atoms with Crippen LogP contribution in [0.15, 0.2) is 18.3 Å². The fraction of sp³-hybridized carbons (Fsp3) is 0.588. The molecule has 2 amide bonds. The van der Waals surface area contributed by atoms with Gasteiger partial charge in [-0.25, -0.2) is 4.98 Å². The molecule has 1 unspecified atom stereocenters. The molecule has 2 aliphatic heterocycles. The maximum atomic E-state index is 11.9. The predicted molar refractivity (Wildman–Crippen MR) is 83.8 cm³/mol. The van der Waals surface area contributed by atoms with Crippen molar-refractivity contribution in [3.05, 3.63) is 23.9 Å². The molecule has 1 aromatic rings. The summed E-state index contributed by atoms with van der Waals surface area (Å²) in [5.74, 6) is 0.750. The largest absolute Gasteiger partial charge is 0.396 e. The average molecular weight is 315 g/mol. The van der Waals surface area contributed by atoms with Crippen LogP contribution < -0.4 is 10.2 Å². The minimum Gasteiger partial charge on any atom is -0.396 e. The Kier molecular flexibility index (Phi) is 3.37. The SMILES string of the molecule is O=C1CCC(c2ccc(N3CC4(CC(CO)C4)C3)nc2)C(=O)N1. The molecular formula is C17H21N3O3. The van der Waals surface area contributed by atoms with E-state index in [-0.39, 0.29) is 17.7 Å². The summed E-state index contributed by atoms with van der Waals surface area (Å²) in [7, 11) is 0. The molecule has 3 fully saturated rings. The van der Waals surface area contributed by atoms with Gasteiger partial charge in [-0.1, -0.05) is 6.07 Å². The van der Waals surface area contributed by atoms with Crippen molar-refractivity contribution in [3.63, 3.8) is 0 Å². The van der Waals surface area contributed by atoms with E-state index < -0.39 is 0 Å². The lowest BCUT2D eigenvalue weighted by Crippen LogP contribution is -2.63. The van der Waals surface area contributed by atoms with Crippen molar-refractivity contribution in [2.45, 2.75) is 31.6 Å². The number of aliphatic hydroxyl groups is 1. The Labute approximate surface area is 134 Å². The molecule has 1 aliphatic carbocycles. The minimum absolute atomic E-state index is 0.191. The van der Waals surface area contributed by atoms with E-state index in [0.717, 1.165) is 37.3 Å². The van der Waals surface area contributed by atoms with E-state index in [1.807, 2.05) is 12.1 Å². The van der Waals surface area contributed by atoms with Crippen LogP contribution in [0, 0.1) is 11.3 Å². The molecule has 0 radical (unpaired) electrons. The fourth-order valence-corrected chi connectivity index (χ4v) is 4.28. The van der Waals surface area contributed by atoms with Crippen molar-refractivity contribution in [1.82, 2.24) is 10.3 Å². The number of imide groups is 1. The van der Waals surface area contributed by atoms with Crippen molar-refractivity contribution in [3.8, 4) is 0 Å². The molecule has 1 saturated carbocycles. The van der Waals surface area contributed by atoms with E-state index in [0.29, 0.717) is 30.8 Å². The topological polar surface area (TPSA) is 82.5 Å². The Balaban J connectivity index is 1.38. The second-order valence-corrected chi connectivity index (χ2v) is 7.27. The third-order valence-corrected chi connectivity index (χ3v) is 5.49. The zero-order valence-electron chi connectivity index (χ0n) is 13.0. The number of hydrogen-bond donors (Lipinski definition) is 2. The van der Waals surface area contributed by atoms with Gasteiger partial charge in [0.05, 0.1) is 5.92 Å². The summed E-state index contributed by atoms with van der Waals surface area (Å²) in [6, 6.07) is 3.92. The Morgan fingerprint density at radius 1 is 1.30 bits per heavy atom. The minimum atomic E-state index is -0.270. The lowest BCUT2D eigenvalue weighted by Gasteiger charge is -2.59. The Morgan fingerprint density at radius 2 is 2.09 bits per heavy atom. The number of carbonyl (C=O) groups is 2. The highest BCUT2D eigenvalue weighted by Gasteiger charge is 2.52. The van der Waals surface area contributed by atoms with E-state index in [9.17, 15) is 9.59 Å². The summed E-state index contributed by atoms with van der Waals surface area (Å²) in [5, 5.41) is 11.5. The molecule has 2 N–H and O–H groups in total. The van der Waals surface area contributed by atoms with Gasteiger partial charge < -0.3 is 10.0 Å². The molecule has 1 aromatic heterocycles. The van der Waals surface area contributed by atoms with Gasteiger partial charge in [-0.05, 0) is 36.8 Å². The number of amides is 2. The summed E-state index contributed by atoms with van der Waals surface area (Å²) in [4.78, 5) is 29.9. The Bertz CT molecular complexity index is 629. The van der Waals surface area contributed by atoms with E-state index >= 15 is 0 Å². The van der Waals surface area contributed by atoms with Gasteiger partial charge in [-0.15, -0.1) is 0 Å². The monoisotopic (exact) mass is 315 g/mol. The first kappa shape index (κ1) is 14.6. The van der Waals surface area contributed by atoms with Gasteiger partial charge in [0.1, 0.15) is 5.82 Å². The first-order valence-electron chi connectivity index (χ1n) is 8.24. The summed E-state index contributed by atoms with van der Waals surface area (Å²) in [6.07, 6.45) is 4.94. The fourth-order valence-electron chi connectivity index (χ4n) is 4.28. The van der Waals surface area contributed by atoms with Crippen molar-refractivity contribution < 1.29 is 14.7 Å². The van der Waals surface area contributed by atoms with Crippen molar-refractivity contribution >= 4 is 17.6 Å². The van der Waals surface area contributed by atoms with E-state index in [4.69, 9.17) is 5.11 Å². The van der Waals surface area contributed by atoms with Crippen LogP contribution in [0.25, 0.3) is 0 Å². The molecule has 0 aromatic carbocycles. The summed E-state index contributed by atoms with van der Waals surface area (Å²) in [6.45, 7) is 2.32. The lowest BCUT2D eigenvalue weighted by molar-refractivity contribution is -0.134. The molecule has 6 heteroatoms. The number of rotatable bonds is 3. The third kappa shape index (κ3) is 2.51. The zero-order valence-corrected chi connectivity index (χ0v) is 13.0. The number of aliphatic hydroxyl groups excluding tert-OH is 1. The molecule has 6 nitrogen and oxygen atoms in total. The van der Waals surface area contributed by atoms with Gasteiger partial charge in [-0.3, -0.25) is 14.9 Å². The number of nitrogens with one attached hydrogen (secondary N) is 1. The summed E-state index contributed by atoms with van der Waals surface area (Å²) < 4.78 is 0. The summed E-state index contributed by atoms with van der Waals surface area (Å²) in [5.41, 5.74) is 1.27. The lowest BCUT2D eigenvalue weighted by atomic mass is 9.58. The number of carbonyl (C=O) groups excluding carboxylic acids is 2. The van der Waals surface area contributed by atoms with E-state index in [2.05, 4.69) is 15.2 Å². The molecule has 1 atom stereocenters. The quantitative estimate of drug-likeness (QED) is 0.807. The maximum Gasteiger partial charge on any atom is 0.234 e. The Morgan fingerprint density at radius 3 is 2.70 bits per heavy atom. The van der Waals surface area contributed by atoms with Crippen LogP contribution in [0.3, 0.4) is 0 Å². The molecular weight excluding hydrogens is 294 g/mol. The van der Waals surface area contributed by atoms with E-state index in [1.165, 1.54) is 0 Å². The number of pyridine rings is 1. The van der Waals surface area contributed by atoms with Crippen LogP contribution in [-0.4, -0.2) is 41.6 Å². The van der Waals surface area contributed by atoms with Gasteiger partial charge in [0, 0.05) is 37.7 Å². The van der Waals surface area contributed by atoms with Crippen LogP contribution in [-0.2, 0) is 9.59 Å². The average Bonchev–Trinajstić information content (AvgIpc) is 2.46. The first-order chi connectivity index (χ1) is 11.1. The van der Waals surface area contributed by atoms with Crippen LogP contribution in [0.2, 0.25) is 0 Å². The normalized spacial score (nSPS) is 26.7. The highest BCUT2D eigenvalue weighted by Crippen LogP contribution is 2.52. The van der Waals surface area contributed by atoms with Gasteiger partial charge in [0.25, 0.3) is 0 Å². The van der Waals surface area contributed by atoms with Crippen LogP contribution in [0.1, 0.15) is 37.2 Å². The molecule has 122 valence electrons. The smallest absolute Gasteiger partial charge is 0.234 e. The molecule has 3 aliphatic rings. The van der Waals surface area contributed by atoms with Gasteiger partial charge in [0.2, 0.25) is 11.8 Å². The first-order valence-corrected chi connectivity index (χ1v) is 8.24. The third-order valence-electron chi connectivity index (χ3n) is 5.49. The molecule has 23 heavy (non-hydrogen) atoms. The molecule has 0 bridgehead atoms. The highest BCUT2D eigenvalue weighted by molar-refractivity contribution is 6.00. The summed E-state index contributed by atoms with van der Waals surface area (Å²) >= 11 is 0. The zero-order chi connectivity index (χ0) is 16.0. The molecule has 1 spiro atoms. The maximum absolute atomic E-state index is 11.9. The molecule has 3 heterocycles. The van der Waals surface area contributed by atoms with Gasteiger partial charge in [-0.2, -0.15) is 0 Å². The number of hydrogen-bond acceptors (Lipinski definition) is 5. The van der Waals surface area contributed by atoms with Crippen LogP contribution >= 0.6 is 0 Å². The van der Waals surface area contributed by atoms with E-state index in [1.54, 1.807) is 6.20 Å². The number of anilines is 1. The van der Waals surface area contributed by atoms with Crippen LogP contribution in [0.4, 0.5) is 5.82 Å². The highest BCUT2D eigenvalue weighted by atomic mass is 16.3. The number of piperidine rings is 1. The van der Waals surface area contributed by atoms with Crippen molar-refractivity contribution in [1.29, 1.82) is 0 Å². The molecule has 2 saturated heterocycles. The van der Waals surface area contributed by atoms with Gasteiger partial charge >= 0.3 is 0 Å². The predicted octanol–water partition coefficient (Wildman–Crippen LogP) is 0.810. The van der Waals surface area contributed by atoms with Crippen molar-refractivity contribution in [2.75, 3.05) is 24.6 Å². The van der Waals surface area contributed by atoms with Crippen molar-refractivity contribution in [2.24, 2.45) is 11.3 Å². The number of nitrogens with zero attached hydrogens (tertiary/aromatic N) is 2. The van der Waals surface area contributed by atoms with Gasteiger partial charge in [0.15, 0.2) is 0 Å². The Hall–Kier alpha value is -1.95.